The van der Waals surface area contributed by atoms with Gasteiger partial charge >= 0.3 is 0 Å². The van der Waals surface area contributed by atoms with Crippen LogP contribution in [0.4, 0.5) is 0 Å². The highest BCUT2D eigenvalue weighted by Gasteiger charge is 2.40. The summed E-state index contributed by atoms with van der Waals surface area (Å²) in [6, 6.07) is 2.58. The molecule has 0 bridgehead atoms. The number of aliphatic hydroxyl groups excluding tert-OH is 3. The van der Waals surface area contributed by atoms with Crippen LogP contribution in [0.1, 0.15) is 25.8 Å². The summed E-state index contributed by atoms with van der Waals surface area (Å²) in [4.78, 5) is 27.4. The molecule has 0 saturated carbocycles. The van der Waals surface area contributed by atoms with E-state index in [-0.39, 0.29) is 45.2 Å². The van der Waals surface area contributed by atoms with Gasteiger partial charge in [0.05, 0.1) is 36.5 Å². The Kier molecular flexibility index (Phi) is 12.1. The third-order valence-electron chi connectivity index (χ3n) is 5.57. The number of hydrogen-bond acceptors (Lipinski definition) is 8. The highest BCUT2D eigenvalue weighted by molar-refractivity contribution is 14.1. The minimum absolute atomic E-state index is 0.0628. The van der Waals surface area contributed by atoms with Gasteiger partial charge in [-0.2, -0.15) is 0 Å². The van der Waals surface area contributed by atoms with Gasteiger partial charge in [0.2, 0.25) is 11.8 Å². The molecule has 0 fully saturated rings. The third kappa shape index (κ3) is 7.90. The number of ether oxygens (including phenoxy) is 3. The first-order valence-electron chi connectivity index (χ1n) is 11.5. The molecule has 0 saturated heterocycles. The van der Waals surface area contributed by atoms with Crippen LogP contribution < -0.4 is 14.8 Å². The lowest BCUT2D eigenvalue weighted by molar-refractivity contribution is -0.134. The number of amides is 2. The molecule has 36 heavy (non-hydrogen) atoms. The number of benzene rings is 1. The molecular formula is C25H35IN2O8. The lowest BCUT2D eigenvalue weighted by atomic mass is 9.88. The summed E-state index contributed by atoms with van der Waals surface area (Å²) >= 11 is 2.04. The Bertz CT molecular complexity index is 977. The Morgan fingerprint density at radius 2 is 1.97 bits per heavy atom. The van der Waals surface area contributed by atoms with Gasteiger partial charge in [-0.15, -0.1) is 0 Å². The molecular weight excluding hydrogens is 583 g/mol. The fourth-order valence-corrected chi connectivity index (χ4v) is 4.65. The van der Waals surface area contributed by atoms with Crippen molar-refractivity contribution in [2.45, 2.75) is 45.1 Å². The molecule has 0 aliphatic heterocycles. The summed E-state index contributed by atoms with van der Waals surface area (Å²) in [6.07, 6.45) is 0.918. The van der Waals surface area contributed by atoms with E-state index in [1.165, 1.54) is 31.3 Å². The van der Waals surface area contributed by atoms with Gasteiger partial charge in [0.1, 0.15) is 12.2 Å². The highest BCUT2D eigenvalue weighted by Crippen LogP contribution is 2.37. The zero-order valence-electron chi connectivity index (χ0n) is 21.0. The summed E-state index contributed by atoms with van der Waals surface area (Å²) in [7, 11) is 2.98. The molecule has 1 aliphatic rings. The first-order chi connectivity index (χ1) is 17.2. The first-order valence-corrected chi connectivity index (χ1v) is 12.6. The van der Waals surface area contributed by atoms with Crippen LogP contribution >= 0.6 is 22.6 Å². The maximum Gasteiger partial charge on any atom is 0.247 e. The lowest BCUT2D eigenvalue weighted by Gasteiger charge is -2.40. The number of nitrogens with one attached hydrogen (secondary N) is 1. The summed E-state index contributed by atoms with van der Waals surface area (Å²) in [5.41, 5.74) is 1.74. The van der Waals surface area contributed by atoms with Crippen molar-refractivity contribution >= 4 is 34.4 Å². The molecule has 0 aromatic heterocycles. The van der Waals surface area contributed by atoms with Crippen molar-refractivity contribution in [2.24, 2.45) is 0 Å². The van der Waals surface area contributed by atoms with Gasteiger partial charge in [0.15, 0.2) is 11.5 Å². The Morgan fingerprint density at radius 1 is 1.25 bits per heavy atom. The van der Waals surface area contributed by atoms with Gasteiger partial charge in [-0.25, -0.2) is 0 Å². The van der Waals surface area contributed by atoms with Crippen molar-refractivity contribution in [1.82, 2.24) is 10.2 Å². The summed E-state index contributed by atoms with van der Waals surface area (Å²) < 4.78 is 17.5. The molecule has 2 rings (SSSR count). The van der Waals surface area contributed by atoms with Gasteiger partial charge in [0.25, 0.3) is 0 Å². The molecule has 2 amide bonds. The fraction of sp³-hybridized carbons (Fsp3) is 0.520. The highest BCUT2D eigenvalue weighted by atomic mass is 127. The van der Waals surface area contributed by atoms with Crippen molar-refractivity contribution in [1.29, 1.82) is 0 Å². The van der Waals surface area contributed by atoms with E-state index in [0.717, 1.165) is 5.57 Å². The average molecular weight is 618 g/mol. The topological polar surface area (TPSA) is 138 Å². The normalized spacial score (nSPS) is 19.2. The molecule has 0 unspecified atom stereocenters. The number of allylic oxidation sites excluding steroid dienone is 1. The third-order valence-corrected chi connectivity index (χ3v) is 6.37. The number of carbonyl (C=O) groups excluding carboxylic acids is 2. The predicted molar refractivity (Wildman–Crippen MR) is 142 cm³/mol. The second kappa shape index (κ2) is 14.5. The minimum atomic E-state index is -1.18. The van der Waals surface area contributed by atoms with Crippen molar-refractivity contribution < 1.29 is 39.1 Å². The van der Waals surface area contributed by atoms with Crippen molar-refractivity contribution in [3.63, 3.8) is 0 Å². The van der Waals surface area contributed by atoms with Crippen LogP contribution in [0, 0.1) is 3.57 Å². The van der Waals surface area contributed by atoms with Gasteiger partial charge in [-0.1, -0.05) is 5.57 Å². The van der Waals surface area contributed by atoms with Crippen LogP contribution in [-0.2, 0) is 20.9 Å². The Morgan fingerprint density at radius 3 is 2.56 bits per heavy atom. The van der Waals surface area contributed by atoms with Crippen molar-refractivity contribution in [2.75, 3.05) is 40.5 Å². The second-order valence-electron chi connectivity index (χ2n) is 8.53. The average Bonchev–Trinajstić information content (AvgIpc) is 2.84. The van der Waals surface area contributed by atoms with Gasteiger partial charge in [0, 0.05) is 38.3 Å². The van der Waals surface area contributed by atoms with E-state index in [0.29, 0.717) is 26.2 Å². The van der Waals surface area contributed by atoms with Crippen LogP contribution in [0.25, 0.3) is 0 Å². The number of aliphatic hydroxyl groups is 3. The van der Waals surface area contributed by atoms with E-state index in [9.17, 15) is 19.8 Å². The molecule has 200 valence electrons. The molecule has 10 nitrogen and oxygen atoms in total. The van der Waals surface area contributed by atoms with Gasteiger partial charge in [-0.05, 0) is 60.2 Å². The summed E-state index contributed by atoms with van der Waals surface area (Å²) in [6.45, 7) is 3.69. The van der Waals surface area contributed by atoms with Gasteiger partial charge in [-0.3, -0.25) is 9.59 Å². The van der Waals surface area contributed by atoms with E-state index in [2.05, 4.69) is 5.32 Å². The zero-order valence-corrected chi connectivity index (χ0v) is 23.1. The number of halogens is 1. The second-order valence-corrected chi connectivity index (χ2v) is 9.69. The van der Waals surface area contributed by atoms with Crippen LogP contribution in [0.2, 0.25) is 0 Å². The van der Waals surface area contributed by atoms with E-state index in [1.54, 1.807) is 26.0 Å². The summed E-state index contributed by atoms with van der Waals surface area (Å²) in [5, 5.41) is 32.7. The minimum Gasteiger partial charge on any atom is -0.493 e. The van der Waals surface area contributed by atoms with Crippen molar-refractivity contribution in [3.05, 3.63) is 44.6 Å². The molecule has 3 atom stereocenters. The molecule has 11 heteroatoms. The molecule has 0 radical (unpaired) electrons. The standard InChI is InChI=1S/C25H35IN2O8/c1-15(2)9-22(31)28(6-8-34-3)19-12-17(25(33)27-5-7-29)13-20(23(19)32)36-24-18(26)10-16(14-30)11-21(24)35-4/h9-11,13,19-20,23,29-30,32H,5-8,12,14H2,1-4H3,(H,27,33)/t19-,20+,23+/m1/s1. The Balaban J connectivity index is 2.52. The quantitative estimate of drug-likeness (QED) is 0.202. The van der Waals surface area contributed by atoms with Crippen LogP contribution in [-0.4, -0.2) is 90.8 Å². The molecule has 0 spiro atoms. The molecule has 1 aromatic carbocycles. The van der Waals surface area contributed by atoms with Crippen LogP contribution in [0.5, 0.6) is 11.5 Å². The maximum absolute atomic E-state index is 13.1. The molecule has 1 aromatic rings. The van der Waals surface area contributed by atoms with Gasteiger partial charge < -0.3 is 39.7 Å². The number of carbonyl (C=O) groups is 2. The zero-order chi connectivity index (χ0) is 26.8. The van der Waals surface area contributed by atoms with Crippen LogP contribution in [0.3, 0.4) is 0 Å². The number of hydrogen-bond donors (Lipinski definition) is 4. The van der Waals surface area contributed by atoms with E-state index < -0.39 is 24.2 Å². The monoisotopic (exact) mass is 618 g/mol. The van der Waals surface area contributed by atoms with E-state index in [1.807, 2.05) is 22.6 Å². The lowest BCUT2D eigenvalue weighted by Crippen LogP contribution is -2.55. The Labute approximate surface area is 225 Å². The first kappa shape index (κ1) is 30.0. The number of nitrogens with zero attached hydrogens (tertiary/aromatic N) is 1. The van der Waals surface area contributed by atoms with E-state index in [4.69, 9.17) is 19.3 Å². The number of methoxy groups -OCH3 is 2. The number of rotatable bonds is 12. The largest absolute Gasteiger partial charge is 0.493 e. The molecule has 4 N–H and O–H groups in total. The van der Waals surface area contributed by atoms with E-state index >= 15 is 0 Å². The fourth-order valence-electron chi connectivity index (χ4n) is 3.85. The molecule has 0 heterocycles. The summed E-state index contributed by atoms with van der Waals surface area (Å²) in [5.74, 6) is -0.0400. The van der Waals surface area contributed by atoms with Crippen molar-refractivity contribution in [3.8, 4) is 11.5 Å². The van der Waals surface area contributed by atoms with Crippen LogP contribution in [0.15, 0.2) is 35.4 Å². The Hall–Kier alpha value is -2.19. The maximum atomic E-state index is 13.1. The molecule has 1 aliphatic carbocycles. The smallest absolute Gasteiger partial charge is 0.247 e. The SMILES string of the molecule is COCCN(C(=O)C=C(C)C)[C@@H]1CC(C(=O)NCCO)=C[C@H](Oc2c(I)cc(CO)cc2OC)[C@H]1O. The predicted octanol–water partition coefficient (Wildman–Crippen LogP) is 1.15.